The Balaban J connectivity index is 1.94. The van der Waals surface area contributed by atoms with Crippen LogP contribution in [-0.4, -0.2) is 39.2 Å². The van der Waals surface area contributed by atoms with Crippen LogP contribution in [0.25, 0.3) is 0 Å². The Morgan fingerprint density at radius 1 is 1.63 bits per heavy atom. The molecule has 2 rings (SSSR count). The molecule has 1 aromatic rings. The van der Waals surface area contributed by atoms with E-state index in [0.29, 0.717) is 22.6 Å². The summed E-state index contributed by atoms with van der Waals surface area (Å²) < 4.78 is 11.2. The SMILES string of the molecule is CC(CNC(=O)c1sc(NC2CC2)nc1N)S(C)=O. The first-order valence-corrected chi connectivity index (χ1v) is 8.54. The molecule has 8 heteroatoms. The summed E-state index contributed by atoms with van der Waals surface area (Å²) in [6.45, 7) is 2.19. The Morgan fingerprint density at radius 2 is 2.32 bits per heavy atom. The Hall–Kier alpha value is -1.15. The normalized spacial score (nSPS) is 17.8. The molecule has 1 aromatic heterocycles. The van der Waals surface area contributed by atoms with Gasteiger partial charge >= 0.3 is 0 Å². The van der Waals surface area contributed by atoms with E-state index in [9.17, 15) is 9.00 Å². The molecule has 106 valence electrons. The van der Waals surface area contributed by atoms with Gasteiger partial charge in [0, 0.05) is 34.9 Å². The van der Waals surface area contributed by atoms with E-state index < -0.39 is 10.8 Å². The van der Waals surface area contributed by atoms with Gasteiger partial charge in [-0.1, -0.05) is 11.3 Å². The molecule has 1 fully saturated rings. The molecular formula is C11H18N4O2S2. The lowest BCUT2D eigenvalue weighted by molar-refractivity contribution is 0.0959. The minimum atomic E-state index is -0.953. The molecule has 19 heavy (non-hydrogen) atoms. The van der Waals surface area contributed by atoms with Crippen molar-refractivity contribution in [2.45, 2.75) is 31.1 Å². The van der Waals surface area contributed by atoms with Gasteiger partial charge in [-0.05, 0) is 19.8 Å². The van der Waals surface area contributed by atoms with E-state index in [1.54, 1.807) is 6.26 Å². The number of nitrogens with zero attached hydrogens (tertiary/aromatic N) is 1. The number of amides is 1. The average molecular weight is 302 g/mol. The first-order valence-electron chi connectivity index (χ1n) is 6.10. The zero-order valence-corrected chi connectivity index (χ0v) is 12.6. The smallest absolute Gasteiger partial charge is 0.265 e. The molecule has 0 bridgehead atoms. The second kappa shape index (κ2) is 5.87. The minimum absolute atomic E-state index is 0.0813. The molecule has 1 aliphatic carbocycles. The molecule has 6 nitrogen and oxygen atoms in total. The van der Waals surface area contributed by atoms with Crippen LogP contribution in [0.2, 0.25) is 0 Å². The summed E-state index contributed by atoms with van der Waals surface area (Å²) in [7, 11) is -0.953. The van der Waals surface area contributed by atoms with Crippen LogP contribution in [0.1, 0.15) is 29.4 Å². The fraction of sp³-hybridized carbons (Fsp3) is 0.636. The maximum absolute atomic E-state index is 12.0. The van der Waals surface area contributed by atoms with Crippen molar-refractivity contribution in [1.29, 1.82) is 0 Å². The van der Waals surface area contributed by atoms with Gasteiger partial charge in [0.1, 0.15) is 10.7 Å². The van der Waals surface area contributed by atoms with E-state index >= 15 is 0 Å². The fourth-order valence-electron chi connectivity index (χ4n) is 1.39. The molecule has 0 aromatic carbocycles. The van der Waals surface area contributed by atoms with Crippen LogP contribution >= 0.6 is 11.3 Å². The fourth-order valence-corrected chi connectivity index (χ4v) is 2.59. The van der Waals surface area contributed by atoms with Crippen molar-refractivity contribution in [3.8, 4) is 0 Å². The van der Waals surface area contributed by atoms with Gasteiger partial charge in [0.25, 0.3) is 5.91 Å². The third kappa shape index (κ3) is 3.90. The number of nitrogens with one attached hydrogen (secondary N) is 2. The number of hydrogen-bond acceptors (Lipinski definition) is 6. The average Bonchev–Trinajstić information content (AvgIpc) is 3.08. The third-order valence-electron chi connectivity index (χ3n) is 2.88. The third-order valence-corrected chi connectivity index (χ3v) is 5.18. The van der Waals surface area contributed by atoms with Crippen molar-refractivity contribution in [2.24, 2.45) is 0 Å². The number of nitrogens with two attached hydrogens (primary N) is 1. The first kappa shape index (κ1) is 14.3. The lowest BCUT2D eigenvalue weighted by atomic mass is 10.4. The second-order valence-corrected chi connectivity index (χ2v) is 7.47. The summed E-state index contributed by atoms with van der Waals surface area (Å²) in [5.41, 5.74) is 5.74. The predicted molar refractivity (Wildman–Crippen MR) is 79.0 cm³/mol. The van der Waals surface area contributed by atoms with Crippen LogP contribution in [0.5, 0.6) is 0 Å². The molecule has 0 aliphatic heterocycles. The molecule has 1 saturated carbocycles. The number of carbonyl (C=O) groups excluding carboxylic acids is 1. The van der Waals surface area contributed by atoms with Gasteiger partial charge in [0.2, 0.25) is 0 Å². The molecule has 1 amide bonds. The maximum Gasteiger partial charge on any atom is 0.265 e. The van der Waals surface area contributed by atoms with Crippen molar-refractivity contribution in [3.63, 3.8) is 0 Å². The highest BCUT2D eigenvalue weighted by Gasteiger charge is 2.24. The molecule has 0 saturated heterocycles. The molecule has 1 heterocycles. The van der Waals surface area contributed by atoms with Crippen molar-refractivity contribution in [2.75, 3.05) is 23.9 Å². The van der Waals surface area contributed by atoms with Crippen LogP contribution < -0.4 is 16.4 Å². The topological polar surface area (TPSA) is 97.1 Å². The number of anilines is 2. The molecule has 4 N–H and O–H groups in total. The predicted octanol–water partition coefficient (Wildman–Crippen LogP) is 0.796. The molecule has 2 atom stereocenters. The zero-order valence-electron chi connectivity index (χ0n) is 10.9. The summed E-state index contributed by atoms with van der Waals surface area (Å²) >= 11 is 1.26. The van der Waals surface area contributed by atoms with Gasteiger partial charge in [-0.15, -0.1) is 0 Å². The molecule has 2 unspecified atom stereocenters. The Labute approximate surface area is 118 Å². The number of hydrogen-bond donors (Lipinski definition) is 3. The van der Waals surface area contributed by atoms with E-state index in [-0.39, 0.29) is 17.0 Å². The van der Waals surface area contributed by atoms with Crippen molar-refractivity contribution in [3.05, 3.63) is 4.88 Å². The lowest BCUT2D eigenvalue weighted by Crippen LogP contribution is -2.32. The highest BCUT2D eigenvalue weighted by Crippen LogP contribution is 2.30. The number of rotatable bonds is 6. The van der Waals surface area contributed by atoms with E-state index in [1.807, 2.05) is 6.92 Å². The van der Waals surface area contributed by atoms with Crippen LogP contribution in [0, 0.1) is 0 Å². The minimum Gasteiger partial charge on any atom is -0.382 e. The highest BCUT2D eigenvalue weighted by atomic mass is 32.2. The first-order chi connectivity index (χ1) is 8.97. The highest BCUT2D eigenvalue weighted by molar-refractivity contribution is 7.84. The van der Waals surface area contributed by atoms with E-state index in [2.05, 4.69) is 15.6 Å². The van der Waals surface area contributed by atoms with Crippen LogP contribution in [0.4, 0.5) is 10.9 Å². The zero-order chi connectivity index (χ0) is 14.0. The lowest BCUT2D eigenvalue weighted by Gasteiger charge is -2.08. The summed E-state index contributed by atoms with van der Waals surface area (Å²) in [6, 6.07) is 0.476. The van der Waals surface area contributed by atoms with Crippen molar-refractivity contribution in [1.82, 2.24) is 10.3 Å². The molecule has 0 radical (unpaired) electrons. The number of nitrogen functional groups attached to an aromatic ring is 1. The monoisotopic (exact) mass is 302 g/mol. The molecule has 1 aliphatic rings. The Bertz CT molecular complexity index is 499. The van der Waals surface area contributed by atoms with Crippen LogP contribution in [0.15, 0.2) is 0 Å². The summed E-state index contributed by atoms with van der Waals surface area (Å²) in [5.74, 6) is -0.00734. The van der Waals surface area contributed by atoms with Gasteiger partial charge < -0.3 is 16.4 Å². The number of aromatic nitrogens is 1. The number of thiazole rings is 1. The van der Waals surface area contributed by atoms with Gasteiger partial charge in [0.15, 0.2) is 5.13 Å². The Morgan fingerprint density at radius 3 is 2.89 bits per heavy atom. The van der Waals surface area contributed by atoms with Crippen LogP contribution in [-0.2, 0) is 10.8 Å². The quantitative estimate of drug-likeness (QED) is 0.722. The van der Waals surface area contributed by atoms with E-state index in [4.69, 9.17) is 5.73 Å². The Kier molecular flexibility index (Phi) is 4.41. The number of carbonyl (C=O) groups is 1. The second-order valence-electron chi connectivity index (χ2n) is 4.67. The largest absolute Gasteiger partial charge is 0.382 e. The molecular weight excluding hydrogens is 284 g/mol. The summed E-state index contributed by atoms with van der Waals surface area (Å²) in [6.07, 6.45) is 3.90. The van der Waals surface area contributed by atoms with Crippen LogP contribution in [0.3, 0.4) is 0 Å². The van der Waals surface area contributed by atoms with Gasteiger partial charge in [-0.2, -0.15) is 0 Å². The molecule has 0 spiro atoms. The van der Waals surface area contributed by atoms with E-state index in [1.165, 1.54) is 11.3 Å². The van der Waals surface area contributed by atoms with E-state index in [0.717, 1.165) is 12.8 Å². The van der Waals surface area contributed by atoms with Gasteiger partial charge in [-0.3, -0.25) is 9.00 Å². The maximum atomic E-state index is 12.0. The van der Waals surface area contributed by atoms with Gasteiger partial charge in [-0.25, -0.2) is 4.98 Å². The standard InChI is InChI=1S/C11H18N4O2S2/c1-6(19(2)17)5-13-10(16)8-9(12)15-11(18-8)14-7-3-4-7/h6-7H,3-5,12H2,1-2H3,(H,13,16)(H,14,15). The van der Waals surface area contributed by atoms with Crippen molar-refractivity contribution >= 4 is 39.0 Å². The summed E-state index contributed by atoms with van der Waals surface area (Å²) in [4.78, 5) is 16.5. The van der Waals surface area contributed by atoms with Gasteiger partial charge in [0.05, 0.1) is 0 Å². The summed E-state index contributed by atoms with van der Waals surface area (Å²) in [5, 5.41) is 6.56. The van der Waals surface area contributed by atoms with Crippen molar-refractivity contribution < 1.29 is 9.00 Å².